The van der Waals surface area contributed by atoms with Gasteiger partial charge in [0.15, 0.2) is 0 Å². The van der Waals surface area contributed by atoms with Gasteiger partial charge in [0.05, 0.1) is 11.1 Å². The van der Waals surface area contributed by atoms with E-state index < -0.39 is 5.41 Å². The molecular formula is C42H27NO. The van der Waals surface area contributed by atoms with Gasteiger partial charge in [0, 0.05) is 22.5 Å². The Morgan fingerprint density at radius 2 is 1.09 bits per heavy atom. The Labute approximate surface area is 255 Å². The molecule has 0 aliphatic heterocycles. The SMILES string of the molecule is c1ccc(C2(c3ccccc3)c3ccccc3-c3cc(-c4ccnc(-c5cccc6c5oc5ccccc56)c4)ccc32)cc1. The summed E-state index contributed by atoms with van der Waals surface area (Å²) in [6.45, 7) is 0. The molecule has 8 aromatic rings. The van der Waals surface area contributed by atoms with Crippen molar-refractivity contribution in [2.45, 2.75) is 5.41 Å². The lowest BCUT2D eigenvalue weighted by atomic mass is 9.67. The van der Waals surface area contributed by atoms with Crippen LogP contribution in [0, 0.1) is 0 Å². The van der Waals surface area contributed by atoms with Gasteiger partial charge in [-0.05, 0) is 74.8 Å². The zero-order chi connectivity index (χ0) is 29.1. The van der Waals surface area contributed by atoms with Crippen molar-refractivity contribution in [1.29, 1.82) is 0 Å². The average Bonchev–Trinajstić information content (AvgIpc) is 3.63. The molecule has 206 valence electrons. The highest BCUT2D eigenvalue weighted by atomic mass is 16.3. The van der Waals surface area contributed by atoms with E-state index >= 15 is 0 Å². The summed E-state index contributed by atoms with van der Waals surface area (Å²) < 4.78 is 6.35. The summed E-state index contributed by atoms with van der Waals surface area (Å²) >= 11 is 0. The molecule has 0 spiro atoms. The van der Waals surface area contributed by atoms with Gasteiger partial charge in [-0.25, -0.2) is 0 Å². The second kappa shape index (κ2) is 9.65. The van der Waals surface area contributed by atoms with E-state index in [0.717, 1.165) is 44.3 Å². The second-order valence-corrected chi connectivity index (χ2v) is 11.5. The van der Waals surface area contributed by atoms with Crippen molar-refractivity contribution in [2.75, 3.05) is 0 Å². The fourth-order valence-electron chi connectivity index (χ4n) is 7.33. The van der Waals surface area contributed by atoms with Crippen molar-refractivity contribution < 1.29 is 4.42 Å². The highest BCUT2D eigenvalue weighted by molar-refractivity contribution is 6.09. The molecular weight excluding hydrogens is 534 g/mol. The molecule has 6 aromatic carbocycles. The van der Waals surface area contributed by atoms with Gasteiger partial charge in [0.2, 0.25) is 0 Å². The molecule has 0 atom stereocenters. The van der Waals surface area contributed by atoms with E-state index in [1.165, 1.54) is 33.4 Å². The molecule has 2 nitrogen and oxygen atoms in total. The number of benzene rings is 6. The van der Waals surface area contributed by atoms with Gasteiger partial charge < -0.3 is 4.42 Å². The Morgan fingerprint density at radius 1 is 0.455 bits per heavy atom. The maximum absolute atomic E-state index is 6.35. The summed E-state index contributed by atoms with van der Waals surface area (Å²) in [5.74, 6) is 0. The highest BCUT2D eigenvalue weighted by Gasteiger charge is 2.45. The van der Waals surface area contributed by atoms with Crippen LogP contribution < -0.4 is 0 Å². The summed E-state index contributed by atoms with van der Waals surface area (Å²) in [5, 5.41) is 2.23. The molecule has 0 saturated heterocycles. The van der Waals surface area contributed by atoms with Crippen molar-refractivity contribution in [3.05, 3.63) is 186 Å². The van der Waals surface area contributed by atoms with Gasteiger partial charge in [0.25, 0.3) is 0 Å². The van der Waals surface area contributed by atoms with E-state index in [2.05, 4.69) is 146 Å². The van der Waals surface area contributed by atoms with Crippen LogP contribution in [0.3, 0.4) is 0 Å². The van der Waals surface area contributed by atoms with Crippen LogP contribution in [0.1, 0.15) is 22.3 Å². The van der Waals surface area contributed by atoms with Crippen LogP contribution in [0.5, 0.6) is 0 Å². The zero-order valence-electron chi connectivity index (χ0n) is 23.9. The Kier molecular flexibility index (Phi) is 5.45. The van der Waals surface area contributed by atoms with Gasteiger partial charge >= 0.3 is 0 Å². The average molecular weight is 562 g/mol. The summed E-state index contributed by atoms with van der Waals surface area (Å²) in [4.78, 5) is 4.81. The van der Waals surface area contributed by atoms with Crippen LogP contribution in [-0.4, -0.2) is 4.98 Å². The first kappa shape index (κ1) is 24.8. The summed E-state index contributed by atoms with van der Waals surface area (Å²) in [6, 6.07) is 56.5. The van der Waals surface area contributed by atoms with Crippen LogP contribution >= 0.6 is 0 Å². The number of hydrogen-bond acceptors (Lipinski definition) is 2. The minimum atomic E-state index is -0.396. The molecule has 2 aromatic heterocycles. The second-order valence-electron chi connectivity index (χ2n) is 11.5. The van der Waals surface area contributed by atoms with Crippen molar-refractivity contribution >= 4 is 21.9 Å². The smallest absolute Gasteiger partial charge is 0.144 e. The Bertz CT molecular complexity index is 2290. The van der Waals surface area contributed by atoms with Crippen LogP contribution in [-0.2, 0) is 5.41 Å². The summed E-state index contributed by atoms with van der Waals surface area (Å²) in [5.41, 5.74) is 13.3. The third-order valence-corrected chi connectivity index (χ3v) is 9.23. The van der Waals surface area contributed by atoms with Crippen LogP contribution in [0.2, 0.25) is 0 Å². The Balaban J connectivity index is 1.24. The zero-order valence-corrected chi connectivity index (χ0v) is 23.9. The molecule has 0 amide bonds. The molecule has 2 heterocycles. The van der Waals surface area contributed by atoms with E-state index in [9.17, 15) is 0 Å². The predicted octanol–water partition coefficient (Wildman–Crippen LogP) is 10.7. The predicted molar refractivity (Wildman–Crippen MR) is 180 cm³/mol. The van der Waals surface area contributed by atoms with E-state index in [0.29, 0.717) is 0 Å². The quantitative estimate of drug-likeness (QED) is 0.214. The topological polar surface area (TPSA) is 26.0 Å². The summed E-state index contributed by atoms with van der Waals surface area (Å²) in [6.07, 6.45) is 1.91. The number of pyridine rings is 1. The van der Waals surface area contributed by atoms with Crippen LogP contribution in [0.25, 0.3) is 55.4 Å². The van der Waals surface area contributed by atoms with E-state index in [1.807, 2.05) is 18.3 Å². The fraction of sp³-hybridized carbons (Fsp3) is 0.0238. The summed E-state index contributed by atoms with van der Waals surface area (Å²) in [7, 11) is 0. The molecule has 1 aliphatic carbocycles. The lowest BCUT2D eigenvalue weighted by Crippen LogP contribution is -2.28. The van der Waals surface area contributed by atoms with Crippen LogP contribution in [0.15, 0.2) is 168 Å². The Morgan fingerprint density at radius 3 is 1.91 bits per heavy atom. The van der Waals surface area contributed by atoms with Gasteiger partial charge in [0.1, 0.15) is 11.2 Å². The minimum absolute atomic E-state index is 0.396. The molecule has 0 N–H and O–H groups in total. The third-order valence-electron chi connectivity index (χ3n) is 9.23. The number of fused-ring (bicyclic) bond motifs is 6. The molecule has 0 saturated carbocycles. The molecule has 0 bridgehead atoms. The van der Waals surface area contributed by atoms with E-state index in [1.54, 1.807) is 0 Å². The molecule has 0 unspecified atom stereocenters. The number of aromatic nitrogens is 1. The lowest BCUT2D eigenvalue weighted by Gasteiger charge is -2.33. The molecule has 0 radical (unpaired) electrons. The van der Waals surface area contributed by atoms with Gasteiger partial charge in [-0.1, -0.05) is 127 Å². The van der Waals surface area contributed by atoms with Crippen LogP contribution in [0.4, 0.5) is 0 Å². The molecule has 2 heteroatoms. The largest absolute Gasteiger partial charge is 0.455 e. The third kappa shape index (κ3) is 3.52. The number of hydrogen-bond donors (Lipinski definition) is 0. The monoisotopic (exact) mass is 561 g/mol. The first-order valence-electron chi connectivity index (χ1n) is 15.0. The molecule has 9 rings (SSSR count). The first-order valence-corrected chi connectivity index (χ1v) is 15.0. The fourth-order valence-corrected chi connectivity index (χ4v) is 7.33. The molecule has 44 heavy (non-hydrogen) atoms. The number of furan rings is 1. The minimum Gasteiger partial charge on any atom is -0.455 e. The normalized spacial score (nSPS) is 13.2. The Hall–Kier alpha value is -5.73. The van der Waals surface area contributed by atoms with Crippen molar-refractivity contribution in [2.24, 2.45) is 0 Å². The van der Waals surface area contributed by atoms with Gasteiger partial charge in [-0.2, -0.15) is 0 Å². The maximum Gasteiger partial charge on any atom is 0.144 e. The van der Waals surface area contributed by atoms with Crippen molar-refractivity contribution in [3.8, 4) is 33.5 Å². The lowest BCUT2D eigenvalue weighted by molar-refractivity contribution is 0.670. The number of nitrogens with zero attached hydrogens (tertiary/aromatic N) is 1. The van der Waals surface area contributed by atoms with Crippen molar-refractivity contribution in [1.82, 2.24) is 4.98 Å². The number of rotatable bonds is 4. The number of para-hydroxylation sites is 2. The van der Waals surface area contributed by atoms with Crippen molar-refractivity contribution in [3.63, 3.8) is 0 Å². The van der Waals surface area contributed by atoms with E-state index in [4.69, 9.17) is 9.40 Å². The first-order chi connectivity index (χ1) is 21.8. The molecule has 1 aliphatic rings. The molecule has 0 fully saturated rings. The van der Waals surface area contributed by atoms with E-state index in [-0.39, 0.29) is 0 Å². The van der Waals surface area contributed by atoms with Gasteiger partial charge in [-0.3, -0.25) is 4.98 Å². The maximum atomic E-state index is 6.35. The van der Waals surface area contributed by atoms with Gasteiger partial charge in [-0.15, -0.1) is 0 Å². The highest BCUT2D eigenvalue weighted by Crippen LogP contribution is 2.56. The standard InChI is InChI=1S/C42H27NO/c1-3-12-30(13-4-1)42(31-14-5-2-6-15-31)37-20-9-7-16-32(37)36-26-28(22-23-38(36)42)29-24-25-43-39(27-29)35-19-11-18-34-33-17-8-10-21-40(33)44-41(34)35/h1-27H.